The molecule has 4 heteroatoms. The monoisotopic (exact) mass is 254 g/mol. The van der Waals surface area contributed by atoms with Crippen LogP contribution in [-0.4, -0.2) is 38.1 Å². The fourth-order valence-electron chi connectivity index (χ4n) is 1.49. The van der Waals surface area contributed by atoms with Crippen molar-refractivity contribution in [2.45, 2.75) is 19.6 Å². The Morgan fingerprint density at radius 1 is 1.00 bits per heavy atom. The number of hydrogen-bond acceptors (Lipinski definition) is 4. The minimum absolute atomic E-state index is 0.341. The summed E-state index contributed by atoms with van der Waals surface area (Å²) in [7, 11) is 0. The van der Waals surface area contributed by atoms with Crippen molar-refractivity contribution in [2.24, 2.45) is 0 Å². The SMILES string of the molecule is CCOCCOCCOC(C)(O)c1ccccc1. The van der Waals surface area contributed by atoms with E-state index in [2.05, 4.69) is 0 Å². The van der Waals surface area contributed by atoms with Gasteiger partial charge in [-0.15, -0.1) is 0 Å². The summed E-state index contributed by atoms with van der Waals surface area (Å²) in [6.45, 7) is 6.19. The predicted octanol–water partition coefficient (Wildman–Crippen LogP) is 1.92. The van der Waals surface area contributed by atoms with E-state index in [0.29, 0.717) is 33.0 Å². The van der Waals surface area contributed by atoms with Gasteiger partial charge in [-0.2, -0.15) is 0 Å². The lowest BCUT2D eigenvalue weighted by Crippen LogP contribution is -2.27. The lowest BCUT2D eigenvalue weighted by atomic mass is 10.1. The second-order valence-corrected chi connectivity index (χ2v) is 4.01. The minimum atomic E-state index is -1.27. The molecule has 1 N–H and O–H groups in total. The van der Waals surface area contributed by atoms with Crippen molar-refractivity contribution >= 4 is 0 Å². The van der Waals surface area contributed by atoms with Gasteiger partial charge in [-0.25, -0.2) is 0 Å². The molecule has 0 spiro atoms. The topological polar surface area (TPSA) is 47.9 Å². The summed E-state index contributed by atoms with van der Waals surface area (Å²) in [5.41, 5.74) is 0.735. The Kier molecular flexibility index (Phi) is 6.90. The first-order chi connectivity index (χ1) is 8.67. The molecule has 0 amide bonds. The van der Waals surface area contributed by atoms with Gasteiger partial charge in [-0.05, 0) is 13.8 Å². The van der Waals surface area contributed by atoms with Gasteiger partial charge in [0.05, 0.1) is 26.4 Å². The van der Waals surface area contributed by atoms with E-state index in [0.717, 1.165) is 5.56 Å². The summed E-state index contributed by atoms with van der Waals surface area (Å²) in [6.07, 6.45) is 0. The number of hydrogen-bond donors (Lipinski definition) is 1. The molecule has 0 heterocycles. The maximum absolute atomic E-state index is 10.1. The summed E-state index contributed by atoms with van der Waals surface area (Å²) in [6, 6.07) is 9.29. The Morgan fingerprint density at radius 3 is 2.28 bits per heavy atom. The molecule has 18 heavy (non-hydrogen) atoms. The third-order valence-corrected chi connectivity index (χ3v) is 2.50. The van der Waals surface area contributed by atoms with Gasteiger partial charge in [0, 0.05) is 12.2 Å². The summed E-state index contributed by atoms with van der Waals surface area (Å²) < 4.78 is 15.9. The van der Waals surface area contributed by atoms with E-state index in [1.54, 1.807) is 6.92 Å². The van der Waals surface area contributed by atoms with Crippen LogP contribution in [0.3, 0.4) is 0 Å². The van der Waals surface area contributed by atoms with Crippen molar-refractivity contribution in [1.82, 2.24) is 0 Å². The molecule has 0 aromatic heterocycles. The highest BCUT2D eigenvalue weighted by atomic mass is 16.6. The fourth-order valence-corrected chi connectivity index (χ4v) is 1.49. The highest BCUT2D eigenvalue weighted by molar-refractivity contribution is 5.18. The van der Waals surface area contributed by atoms with Gasteiger partial charge in [0.1, 0.15) is 0 Å². The van der Waals surface area contributed by atoms with Crippen LogP contribution < -0.4 is 0 Å². The molecule has 102 valence electrons. The van der Waals surface area contributed by atoms with E-state index < -0.39 is 5.79 Å². The van der Waals surface area contributed by atoms with E-state index in [9.17, 15) is 5.11 Å². The Labute approximate surface area is 108 Å². The molecule has 4 nitrogen and oxygen atoms in total. The van der Waals surface area contributed by atoms with E-state index in [4.69, 9.17) is 14.2 Å². The fraction of sp³-hybridized carbons (Fsp3) is 0.571. The van der Waals surface area contributed by atoms with Crippen molar-refractivity contribution in [1.29, 1.82) is 0 Å². The van der Waals surface area contributed by atoms with Crippen LogP contribution in [0.5, 0.6) is 0 Å². The average molecular weight is 254 g/mol. The zero-order chi connectivity index (χ0) is 13.3. The van der Waals surface area contributed by atoms with Gasteiger partial charge in [0.25, 0.3) is 0 Å². The predicted molar refractivity (Wildman–Crippen MR) is 69.3 cm³/mol. The lowest BCUT2D eigenvalue weighted by Gasteiger charge is -2.24. The van der Waals surface area contributed by atoms with Crippen LogP contribution in [0, 0.1) is 0 Å². The molecule has 1 rings (SSSR count). The van der Waals surface area contributed by atoms with Crippen molar-refractivity contribution in [3.8, 4) is 0 Å². The molecule has 0 radical (unpaired) electrons. The summed E-state index contributed by atoms with van der Waals surface area (Å²) in [4.78, 5) is 0. The van der Waals surface area contributed by atoms with E-state index >= 15 is 0 Å². The van der Waals surface area contributed by atoms with E-state index in [-0.39, 0.29) is 0 Å². The van der Waals surface area contributed by atoms with Crippen molar-refractivity contribution in [3.63, 3.8) is 0 Å². The van der Waals surface area contributed by atoms with Gasteiger partial charge >= 0.3 is 0 Å². The number of aliphatic hydroxyl groups is 1. The molecule has 0 saturated heterocycles. The van der Waals surface area contributed by atoms with Gasteiger partial charge in [-0.3, -0.25) is 0 Å². The molecule has 0 aliphatic rings. The molecule has 1 atom stereocenters. The smallest absolute Gasteiger partial charge is 0.189 e. The van der Waals surface area contributed by atoms with Crippen LogP contribution >= 0.6 is 0 Å². The Morgan fingerprint density at radius 2 is 1.61 bits per heavy atom. The number of rotatable bonds is 9. The van der Waals surface area contributed by atoms with Crippen LogP contribution in [-0.2, 0) is 20.0 Å². The standard InChI is InChI=1S/C14H22O4/c1-3-16-9-10-17-11-12-18-14(2,15)13-7-5-4-6-8-13/h4-8,15H,3,9-12H2,1-2H3. The first-order valence-electron chi connectivity index (χ1n) is 6.24. The van der Waals surface area contributed by atoms with Gasteiger partial charge < -0.3 is 19.3 Å². The van der Waals surface area contributed by atoms with Crippen LogP contribution in [0.4, 0.5) is 0 Å². The van der Waals surface area contributed by atoms with Gasteiger partial charge in [0.2, 0.25) is 0 Å². The largest absolute Gasteiger partial charge is 0.379 e. The maximum atomic E-state index is 10.1. The lowest BCUT2D eigenvalue weighted by molar-refractivity contribution is -0.205. The normalized spacial score (nSPS) is 14.4. The van der Waals surface area contributed by atoms with Gasteiger partial charge in [-0.1, -0.05) is 30.3 Å². The third kappa shape index (κ3) is 5.60. The number of ether oxygens (including phenoxy) is 3. The quantitative estimate of drug-likeness (QED) is 0.540. The Balaban J connectivity index is 2.18. The minimum Gasteiger partial charge on any atom is -0.379 e. The second kappa shape index (κ2) is 8.21. The zero-order valence-corrected chi connectivity index (χ0v) is 11.1. The van der Waals surface area contributed by atoms with Crippen molar-refractivity contribution in [2.75, 3.05) is 33.0 Å². The molecule has 0 aliphatic heterocycles. The van der Waals surface area contributed by atoms with E-state index in [1.165, 1.54) is 0 Å². The average Bonchev–Trinajstić information content (AvgIpc) is 2.39. The van der Waals surface area contributed by atoms with Crippen LogP contribution in [0.2, 0.25) is 0 Å². The molecule has 1 aromatic carbocycles. The number of benzene rings is 1. The summed E-state index contributed by atoms with van der Waals surface area (Å²) >= 11 is 0. The highest BCUT2D eigenvalue weighted by Gasteiger charge is 2.22. The summed E-state index contributed by atoms with van der Waals surface area (Å²) in [5.74, 6) is -1.27. The molecular formula is C14H22O4. The second-order valence-electron chi connectivity index (χ2n) is 4.01. The van der Waals surface area contributed by atoms with E-state index in [1.807, 2.05) is 37.3 Å². The van der Waals surface area contributed by atoms with Crippen molar-refractivity contribution in [3.05, 3.63) is 35.9 Å². The Hall–Kier alpha value is -0.940. The maximum Gasteiger partial charge on any atom is 0.189 e. The van der Waals surface area contributed by atoms with Crippen LogP contribution in [0.1, 0.15) is 19.4 Å². The molecule has 1 aromatic rings. The van der Waals surface area contributed by atoms with Crippen LogP contribution in [0.25, 0.3) is 0 Å². The summed E-state index contributed by atoms with van der Waals surface area (Å²) in [5, 5.41) is 10.1. The molecule has 1 unspecified atom stereocenters. The van der Waals surface area contributed by atoms with Crippen molar-refractivity contribution < 1.29 is 19.3 Å². The first kappa shape index (κ1) is 15.1. The molecule has 0 fully saturated rings. The first-order valence-corrected chi connectivity index (χ1v) is 6.24. The zero-order valence-electron chi connectivity index (χ0n) is 11.1. The molecule has 0 saturated carbocycles. The van der Waals surface area contributed by atoms with Crippen LogP contribution in [0.15, 0.2) is 30.3 Å². The molecule has 0 aliphatic carbocycles. The Bertz CT molecular complexity index is 311. The third-order valence-electron chi connectivity index (χ3n) is 2.50. The van der Waals surface area contributed by atoms with Gasteiger partial charge in [0.15, 0.2) is 5.79 Å². The molecule has 0 bridgehead atoms. The molecular weight excluding hydrogens is 232 g/mol. The highest BCUT2D eigenvalue weighted by Crippen LogP contribution is 2.21.